The van der Waals surface area contributed by atoms with Gasteiger partial charge in [0.15, 0.2) is 0 Å². The summed E-state index contributed by atoms with van der Waals surface area (Å²) in [7, 11) is 1.56. The highest BCUT2D eigenvalue weighted by atomic mass is 16.7. The Balaban J connectivity index is 3.97. The molecule has 0 bridgehead atoms. The molecule has 11 heavy (non-hydrogen) atoms. The highest BCUT2D eigenvalue weighted by Gasteiger charge is 2.16. The third-order valence-corrected chi connectivity index (χ3v) is 0.896. The first-order valence-corrected chi connectivity index (χ1v) is 3.46. The topological polar surface area (TPSA) is 29.5 Å². The molecule has 3 heteroatoms. The standard InChI is InChI=1S/C8H15NO2/c1-6-7(10)9(5)11-8(2,3)4/h6H,1H2,2-5H3. The molecule has 0 rings (SSSR count). The van der Waals surface area contributed by atoms with E-state index in [1.165, 1.54) is 11.1 Å². The fraction of sp³-hybridized carbons (Fsp3) is 0.625. The molecule has 0 saturated heterocycles. The largest absolute Gasteiger partial charge is 0.269 e. The van der Waals surface area contributed by atoms with Gasteiger partial charge in [-0.25, -0.2) is 5.06 Å². The van der Waals surface area contributed by atoms with Crippen molar-refractivity contribution < 1.29 is 9.63 Å². The van der Waals surface area contributed by atoms with Crippen LogP contribution < -0.4 is 0 Å². The normalized spacial score (nSPS) is 10.9. The van der Waals surface area contributed by atoms with Crippen LogP contribution in [0.3, 0.4) is 0 Å². The summed E-state index contributed by atoms with van der Waals surface area (Å²) in [6, 6.07) is 0. The Hall–Kier alpha value is -0.830. The molecule has 0 saturated carbocycles. The molecule has 0 unspecified atom stereocenters. The predicted octanol–water partition coefficient (Wildman–Crippen LogP) is 1.36. The number of nitrogens with zero attached hydrogens (tertiary/aromatic N) is 1. The predicted molar refractivity (Wildman–Crippen MR) is 43.8 cm³/mol. The van der Waals surface area contributed by atoms with Gasteiger partial charge in [-0.3, -0.25) is 9.63 Å². The van der Waals surface area contributed by atoms with Gasteiger partial charge in [-0.05, 0) is 26.8 Å². The average molecular weight is 157 g/mol. The zero-order chi connectivity index (χ0) is 9.07. The van der Waals surface area contributed by atoms with Crippen LogP contribution in [0, 0.1) is 0 Å². The maximum absolute atomic E-state index is 10.9. The molecule has 0 N–H and O–H groups in total. The number of hydrogen-bond donors (Lipinski definition) is 0. The van der Waals surface area contributed by atoms with E-state index < -0.39 is 0 Å². The molecule has 0 aliphatic heterocycles. The average Bonchev–Trinajstić information content (AvgIpc) is 1.82. The van der Waals surface area contributed by atoms with Gasteiger partial charge in [0.2, 0.25) is 0 Å². The lowest BCUT2D eigenvalue weighted by Crippen LogP contribution is -2.34. The monoisotopic (exact) mass is 157 g/mol. The van der Waals surface area contributed by atoms with Crippen molar-refractivity contribution in [3.8, 4) is 0 Å². The molecule has 3 nitrogen and oxygen atoms in total. The van der Waals surface area contributed by atoms with Gasteiger partial charge >= 0.3 is 0 Å². The van der Waals surface area contributed by atoms with Crippen LogP contribution in [0.15, 0.2) is 12.7 Å². The van der Waals surface area contributed by atoms with Crippen LogP contribution in [0.4, 0.5) is 0 Å². The first kappa shape index (κ1) is 10.2. The summed E-state index contributed by atoms with van der Waals surface area (Å²) in [6.07, 6.45) is 1.21. The van der Waals surface area contributed by atoms with Crippen LogP contribution in [0.1, 0.15) is 20.8 Å². The molecule has 0 aliphatic rings. The van der Waals surface area contributed by atoms with Crippen LogP contribution >= 0.6 is 0 Å². The SMILES string of the molecule is C=CC(=O)N(C)OC(C)(C)C. The summed E-state index contributed by atoms with van der Waals surface area (Å²) in [4.78, 5) is 16.1. The molecular formula is C8H15NO2. The van der Waals surface area contributed by atoms with Crippen molar-refractivity contribution in [3.63, 3.8) is 0 Å². The molecule has 0 heterocycles. The Morgan fingerprint density at radius 3 is 2.27 bits per heavy atom. The van der Waals surface area contributed by atoms with Crippen molar-refractivity contribution in [1.29, 1.82) is 0 Å². The molecule has 0 atom stereocenters. The van der Waals surface area contributed by atoms with Crippen molar-refractivity contribution >= 4 is 5.91 Å². The van der Waals surface area contributed by atoms with Crippen molar-refractivity contribution in [3.05, 3.63) is 12.7 Å². The van der Waals surface area contributed by atoms with Crippen LogP contribution in [0.2, 0.25) is 0 Å². The Kier molecular flexibility index (Phi) is 3.26. The Bertz CT molecular complexity index is 158. The first-order chi connectivity index (χ1) is 4.87. The number of hydroxylamine groups is 2. The maximum Gasteiger partial charge on any atom is 0.269 e. The van der Waals surface area contributed by atoms with E-state index in [1.807, 2.05) is 20.8 Å². The fourth-order valence-corrected chi connectivity index (χ4v) is 0.584. The third kappa shape index (κ3) is 4.56. The molecule has 1 amide bonds. The zero-order valence-corrected chi connectivity index (χ0v) is 7.55. The third-order valence-electron chi connectivity index (χ3n) is 0.896. The minimum atomic E-state index is -0.340. The molecule has 0 aromatic rings. The minimum Gasteiger partial charge on any atom is -0.267 e. The lowest BCUT2D eigenvalue weighted by molar-refractivity contribution is -0.212. The van der Waals surface area contributed by atoms with Gasteiger partial charge in [0.25, 0.3) is 5.91 Å². The van der Waals surface area contributed by atoms with Crippen molar-refractivity contribution in [2.24, 2.45) is 0 Å². The Morgan fingerprint density at radius 2 is 2.00 bits per heavy atom. The number of hydrogen-bond acceptors (Lipinski definition) is 2. The Labute approximate surface area is 67.6 Å². The van der Waals surface area contributed by atoms with Gasteiger partial charge in [0.1, 0.15) is 0 Å². The molecule has 64 valence electrons. The van der Waals surface area contributed by atoms with Gasteiger partial charge < -0.3 is 0 Å². The van der Waals surface area contributed by atoms with Crippen molar-refractivity contribution in [2.45, 2.75) is 26.4 Å². The van der Waals surface area contributed by atoms with Gasteiger partial charge in [-0.15, -0.1) is 0 Å². The quantitative estimate of drug-likeness (QED) is 0.447. The second kappa shape index (κ2) is 3.53. The van der Waals surface area contributed by atoms with E-state index in [2.05, 4.69) is 6.58 Å². The number of carbonyl (C=O) groups excluding carboxylic acids is 1. The van der Waals surface area contributed by atoms with Crippen LogP contribution in [-0.4, -0.2) is 23.6 Å². The molecule has 0 spiro atoms. The molecule has 0 fully saturated rings. The smallest absolute Gasteiger partial charge is 0.267 e. The summed E-state index contributed by atoms with van der Waals surface area (Å²) >= 11 is 0. The summed E-state index contributed by atoms with van der Waals surface area (Å²) in [5.74, 6) is -0.236. The highest BCUT2D eigenvalue weighted by molar-refractivity contribution is 5.85. The maximum atomic E-state index is 10.9. The van der Waals surface area contributed by atoms with Crippen LogP contribution in [0.5, 0.6) is 0 Å². The van der Waals surface area contributed by atoms with E-state index >= 15 is 0 Å². The van der Waals surface area contributed by atoms with E-state index in [0.717, 1.165) is 0 Å². The molecule has 0 aliphatic carbocycles. The van der Waals surface area contributed by atoms with E-state index in [0.29, 0.717) is 0 Å². The van der Waals surface area contributed by atoms with E-state index in [4.69, 9.17) is 4.84 Å². The fourth-order valence-electron chi connectivity index (χ4n) is 0.584. The molecule has 0 aromatic carbocycles. The number of carbonyl (C=O) groups is 1. The summed E-state index contributed by atoms with van der Waals surface area (Å²) < 4.78 is 0. The second-order valence-corrected chi connectivity index (χ2v) is 3.24. The van der Waals surface area contributed by atoms with Gasteiger partial charge in [-0.2, -0.15) is 0 Å². The van der Waals surface area contributed by atoms with E-state index in [-0.39, 0.29) is 11.5 Å². The lowest BCUT2D eigenvalue weighted by Gasteiger charge is -2.25. The minimum absolute atomic E-state index is 0.236. The van der Waals surface area contributed by atoms with Crippen molar-refractivity contribution in [1.82, 2.24) is 5.06 Å². The van der Waals surface area contributed by atoms with Gasteiger partial charge in [0, 0.05) is 7.05 Å². The van der Waals surface area contributed by atoms with Crippen LogP contribution in [0.25, 0.3) is 0 Å². The first-order valence-electron chi connectivity index (χ1n) is 3.46. The number of rotatable bonds is 2. The highest BCUT2D eigenvalue weighted by Crippen LogP contribution is 2.08. The second-order valence-electron chi connectivity index (χ2n) is 3.24. The molecular weight excluding hydrogens is 142 g/mol. The number of likely N-dealkylation sites (N-methyl/N-ethyl adjacent to an activating group) is 1. The summed E-state index contributed by atoms with van der Waals surface area (Å²) in [6.45, 7) is 8.97. The van der Waals surface area contributed by atoms with E-state index in [9.17, 15) is 4.79 Å². The summed E-state index contributed by atoms with van der Waals surface area (Å²) in [5.41, 5.74) is -0.340. The van der Waals surface area contributed by atoms with Crippen molar-refractivity contribution in [2.75, 3.05) is 7.05 Å². The summed E-state index contributed by atoms with van der Waals surface area (Å²) in [5, 5.41) is 1.17. The number of amides is 1. The van der Waals surface area contributed by atoms with Gasteiger partial charge in [-0.1, -0.05) is 6.58 Å². The molecule has 0 radical (unpaired) electrons. The van der Waals surface area contributed by atoms with Gasteiger partial charge in [0.05, 0.1) is 5.60 Å². The lowest BCUT2D eigenvalue weighted by atomic mass is 10.2. The van der Waals surface area contributed by atoms with E-state index in [1.54, 1.807) is 7.05 Å². The zero-order valence-electron chi connectivity index (χ0n) is 7.55. The molecule has 0 aromatic heterocycles. The Morgan fingerprint density at radius 1 is 1.55 bits per heavy atom. The van der Waals surface area contributed by atoms with Crippen LogP contribution in [-0.2, 0) is 9.63 Å².